The summed E-state index contributed by atoms with van der Waals surface area (Å²) in [6.45, 7) is -0.311. The van der Waals surface area contributed by atoms with Gasteiger partial charge in [-0.25, -0.2) is 18.4 Å². The summed E-state index contributed by atoms with van der Waals surface area (Å²) in [7, 11) is 0. The maximum atomic E-state index is 14.4. The molecule has 0 spiro atoms. The summed E-state index contributed by atoms with van der Waals surface area (Å²) in [6, 6.07) is 2.02. The molecule has 2 aliphatic rings. The van der Waals surface area contributed by atoms with Crippen molar-refractivity contribution in [2.24, 2.45) is 0 Å². The van der Waals surface area contributed by atoms with Crippen LogP contribution in [-0.4, -0.2) is 45.9 Å². The van der Waals surface area contributed by atoms with Crippen molar-refractivity contribution in [3.05, 3.63) is 29.3 Å². The standard InChI is InChI=1S/C15H15F2NO5S/c16-10-5-9(18-7-12(14(19)20)23-15(18)21)6-11(17)13(10)8-1-3-24(22)4-2-8/h5-6,8,12H,1-4,7H2,(H,19,20)/t8-,12-,24-/m1/s1. The number of anilines is 1. The molecule has 1 atom stereocenters. The van der Waals surface area contributed by atoms with E-state index in [0.717, 1.165) is 17.0 Å². The van der Waals surface area contributed by atoms with Crippen LogP contribution >= 0.6 is 0 Å². The van der Waals surface area contributed by atoms with Gasteiger partial charge >= 0.3 is 12.1 Å². The molecular weight excluding hydrogens is 344 g/mol. The van der Waals surface area contributed by atoms with E-state index in [4.69, 9.17) is 5.11 Å². The Morgan fingerprint density at radius 1 is 1.29 bits per heavy atom. The van der Waals surface area contributed by atoms with Crippen LogP contribution < -0.4 is 4.90 Å². The summed E-state index contributed by atoms with van der Waals surface area (Å²) in [4.78, 5) is 23.5. The molecule has 3 rings (SSSR count). The van der Waals surface area contributed by atoms with Crippen LogP contribution in [0.5, 0.6) is 0 Å². The summed E-state index contributed by atoms with van der Waals surface area (Å²) in [6.07, 6.45) is -1.45. The van der Waals surface area contributed by atoms with E-state index in [-0.39, 0.29) is 23.7 Å². The number of carboxylic acid groups (broad SMARTS) is 1. The highest BCUT2D eigenvalue weighted by molar-refractivity contribution is 7.91. The Hall–Kier alpha value is -1.87. The first-order chi connectivity index (χ1) is 11.4. The summed E-state index contributed by atoms with van der Waals surface area (Å²) in [5.41, 5.74) is -0.153. The van der Waals surface area contributed by atoms with Gasteiger partial charge in [0.05, 0.1) is 12.2 Å². The van der Waals surface area contributed by atoms with Gasteiger partial charge in [0, 0.05) is 5.56 Å². The molecule has 130 valence electrons. The molecule has 2 aliphatic heterocycles. The van der Waals surface area contributed by atoms with Crippen LogP contribution in [0.2, 0.25) is 0 Å². The number of carboxylic acids is 1. The van der Waals surface area contributed by atoms with E-state index >= 15 is 0 Å². The second-order valence-corrected chi connectivity index (χ2v) is 7.46. The van der Waals surface area contributed by atoms with Crippen molar-refractivity contribution in [1.82, 2.24) is 0 Å². The van der Waals surface area contributed by atoms with Crippen LogP contribution in [0, 0.1) is 11.6 Å². The van der Waals surface area contributed by atoms with Crippen molar-refractivity contribution >= 4 is 28.9 Å². The highest BCUT2D eigenvalue weighted by atomic mass is 32.2. The van der Waals surface area contributed by atoms with E-state index in [1.54, 1.807) is 0 Å². The van der Waals surface area contributed by atoms with Crippen molar-refractivity contribution in [3.63, 3.8) is 0 Å². The lowest BCUT2D eigenvalue weighted by Gasteiger charge is -2.25. The van der Waals surface area contributed by atoms with E-state index in [9.17, 15) is 22.9 Å². The van der Waals surface area contributed by atoms with Gasteiger partial charge in [0.1, 0.15) is 23.1 Å². The van der Waals surface area contributed by atoms with Gasteiger partial charge in [0.25, 0.3) is 0 Å². The number of hydrogen-bond donors (Lipinski definition) is 1. The van der Waals surface area contributed by atoms with Crippen LogP contribution in [0.1, 0.15) is 24.3 Å². The smallest absolute Gasteiger partial charge is 0.415 e. The first-order valence-electron chi connectivity index (χ1n) is 7.41. The van der Waals surface area contributed by atoms with Gasteiger partial charge in [0.2, 0.25) is 6.10 Å². The molecule has 0 radical (unpaired) electrons. The lowest BCUT2D eigenvalue weighted by Crippen LogP contribution is -2.28. The molecule has 1 amide bonds. The SMILES string of the molecule is O=C(O)[C@H]1CN(c2cc(F)c([C@H]3CC[S@+]([O-])CC3)c(F)c2)C(=O)O1. The highest BCUT2D eigenvalue weighted by Crippen LogP contribution is 2.35. The number of halogens is 2. The van der Waals surface area contributed by atoms with Gasteiger partial charge in [-0.15, -0.1) is 0 Å². The number of benzene rings is 1. The largest absolute Gasteiger partial charge is 0.616 e. The lowest BCUT2D eigenvalue weighted by molar-refractivity contribution is -0.144. The molecule has 24 heavy (non-hydrogen) atoms. The molecular formula is C15H15F2NO5S. The number of rotatable bonds is 3. The average molecular weight is 359 g/mol. The molecule has 0 saturated carbocycles. The monoisotopic (exact) mass is 359 g/mol. The fourth-order valence-corrected chi connectivity index (χ4v) is 4.30. The number of hydrogen-bond acceptors (Lipinski definition) is 4. The molecule has 6 nitrogen and oxygen atoms in total. The minimum absolute atomic E-state index is 0.0715. The zero-order valence-corrected chi connectivity index (χ0v) is 13.4. The summed E-state index contributed by atoms with van der Waals surface area (Å²) < 4.78 is 44.8. The van der Waals surface area contributed by atoms with Crippen molar-refractivity contribution in [2.45, 2.75) is 24.9 Å². The van der Waals surface area contributed by atoms with E-state index in [1.165, 1.54) is 0 Å². The summed E-state index contributed by atoms with van der Waals surface area (Å²) in [5.74, 6) is -2.45. The normalized spacial score (nSPS) is 27.2. The lowest BCUT2D eigenvalue weighted by atomic mass is 9.92. The molecule has 0 aliphatic carbocycles. The van der Waals surface area contributed by atoms with Crippen LogP contribution in [-0.2, 0) is 20.7 Å². The van der Waals surface area contributed by atoms with Gasteiger partial charge in [-0.3, -0.25) is 4.90 Å². The number of nitrogens with zero attached hydrogens (tertiary/aromatic N) is 1. The van der Waals surface area contributed by atoms with Crippen molar-refractivity contribution in [1.29, 1.82) is 0 Å². The van der Waals surface area contributed by atoms with Gasteiger partial charge in [0.15, 0.2) is 0 Å². The third kappa shape index (κ3) is 3.18. The van der Waals surface area contributed by atoms with Crippen molar-refractivity contribution in [2.75, 3.05) is 23.0 Å². The van der Waals surface area contributed by atoms with E-state index in [2.05, 4.69) is 4.74 Å². The molecule has 2 saturated heterocycles. The zero-order valence-electron chi connectivity index (χ0n) is 12.5. The summed E-state index contributed by atoms with van der Waals surface area (Å²) >= 11 is -0.937. The molecule has 0 unspecified atom stereocenters. The number of amides is 1. The quantitative estimate of drug-likeness (QED) is 0.834. The Balaban J connectivity index is 1.85. The van der Waals surface area contributed by atoms with Gasteiger partial charge in [-0.1, -0.05) is 11.2 Å². The van der Waals surface area contributed by atoms with Gasteiger partial charge in [-0.2, -0.15) is 0 Å². The molecule has 0 bridgehead atoms. The fourth-order valence-electron chi connectivity index (χ4n) is 3.00. The number of aliphatic carboxylic acids is 1. The predicted octanol–water partition coefficient (Wildman–Crippen LogP) is 2.00. The maximum absolute atomic E-state index is 14.4. The van der Waals surface area contributed by atoms with Crippen LogP contribution in [0.25, 0.3) is 0 Å². The molecule has 1 aromatic carbocycles. The maximum Gasteiger partial charge on any atom is 0.415 e. The zero-order chi connectivity index (χ0) is 17.4. The highest BCUT2D eigenvalue weighted by Gasteiger charge is 2.38. The minimum Gasteiger partial charge on any atom is -0.616 e. The van der Waals surface area contributed by atoms with E-state index < -0.39 is 41.0 Å². The first kappa shape index (κ1) is 17.0. The molecule has 1 aromatic rings. The van der Waals surface area contributed by atoms with Crippen LogP contribution in [0.3, 0.4) is 0 Å². The first-order valence-corrected chi connectivity index (χ1v) is 8.90. The molecule has 2 fully saturated rings. The Kier molecular flexibility index (Phi) is 4.64. The number of carbonyl (C=O) groups is 2. The van der Waals surface area contributed by atoms with E-state index in [0.29, 0.717) is 24.3 Å². The molecule has 1 N–H and O–H groups in total. The second kappa shape index (κ2) is 6.56. The van der Waals surface area contributed by atoms with Crippen molar-refractivity contribution < 1.29 is 32.8 Å². The molecule has 0 aromatic heterocycles. The minimum atomic E-state index is -1.36. The Bertz CT molecular complexity index is 655. The summed E-state index contributed by atoms with van der Waals surface area (Å²) in [5, 5.41) is 8.86. The third-order valence-electron chi connectivity index (χ3n) is 4.26. The van der Waals surface area contributed by atoms with Gasteiger partial charge < -0.3 is 14.4 Å². The Labute approximate surface area is 139 Å². The fraction of sp³-hybridized carbons (Fsp3) is 0.467. The Morgan fingerprint density at radius 3 is 2.38 bits per heavy atom. The van der Waals surface area contributed by atoms with Crippen molar-refractivity contribution in [3.8, 4) is 0 Å². The number of cyclic esters (lactones) is 1. The molecule has 2 heterocycles. The van der Waals surface area contributed by atoms with Crippen LogP contribution in [0.15, 0.2) is 12.1 Å². The van der Waals surface area contributed by atoms with Gasteiger partial charge in [-0.05, 0) is 30.9 Å². The second-order valence-electron chi connectivity index (χ2n) is 5.77. The number of carbonyl (C=O) groups excluding carboxylic acids is 1. The van der Waals surface area contributed by atoms with E-state index in [1.807, 2.05) is 0 Å². The topological polar surface area (TPSA) is 89.9 Å². The predicted molar refractivity (Wildman–Crippen MR) is 81.5 cm³/mol. The third-order valence-corrected chi connectivity index (χ3v) is 5.64. The Morgan fingerprint density at radius 2 is 1.88 bits per heavy atom. The average Bonchev–Trinajstić information content (AvgIpc) is 2.90. The number of ether oxygens (including phenoxy) is 1. The molecule has 9 heteroatoms. The van der Waals surface area contributed by atoms with Crippen LogP contribution in [0.4, 0.5) is 19.3 Å².